The van der Waals surface area contributed by atoms with Gasteiger partial charge in [-0.25, -0.2) is 4.98 Å². The molecule has 0 atom stereocenters. The molecule has 1 saturated carbocycles. The molecule has 1 aromatic heterocycles. The maximum Gasteiger partial charge on any atom is 0.255 e. The minimum atomic E-state index is 0.0448. The molecule has 1 fully saturated rings. The second kappa shape index (κ2) is 7.47. The standard InChI is InChI=1S/C22H29N3O2/c1-14-10-16(11-15(2)20(14)26)12-25-9-8-19-18(13-25)22(27)24-21(23-19)17-6-4-3-5-7-17/h10-11,17,26H,3-9,12-13H2,1-2H3,(H,23,24,27). The summed E-state index contributed by atoms with van der Waals surface area (Å²) in [4.78, 5) is 23.0. The first-order valence-corrected chi connectivity index (χ1v) is 10.1. The maximum absolute atomic E-state index is 12.7. The lowest BCUT2D eigenvalue weighted by atomic mass is 9.88. The first-order valence-electron chi connectivity index (χ1n) is 10.1. The molecule has 1 aromatic carbocycles. The molecule has 5 nitrogen and oxygen atoms in total. The second-order valence-electron chi connectivity index (χ2n) is 8.25. The number of rotatable bonds is 3. The van der Waals surface area contributed by atoms with E-state index in [9.17, 15) is 9.90 Å². The number of nitrogens with one attached hydrogen (secondary N) is 1. The predicted octanol–water partition coefficient (Wildman–Crippen LogP) is 3.70. The Labute approximate surface area is 160 Å². The molecule has 5 heteroatoms. The van der Waals surface area contributed by atoms with Crippen molar-refractivity contribution in [1.82, 2.24) is 14.9 Å². The van der Waals surface area contributed by atoms with Gasteiger partial charge in [-0.3, -0.25) is 9.69 Å². The van der Waals surface area contributed by atoms with E-state index >= 15 is 0 Å². The molecule has 0 saturated heterocycles. The monoisotopic (exact) mass is 367 g/mol. The third kappa shape index (κ3) is 3.79. The molecule has 1 aliphatic heterocycles. The first-order chi connectivity index (χ1) is 13.0. The van der Waals surface area contributed by atoms with Crippen LogP contribution in [0.3, 0.4) is 0 Å². The first kappa shape index (κ1) is 18.2. The maximum atomic E-state index is 12.7. The van der Waals surface area contributed by atoms with Gasteiger partial charge in [0.05, 0.1) is 11.3 Å². The Kier molecular flexibility index (Phi) is 5.04. The summed E-state index contributed by atoms with van der Waals surface area (Å²) < 4.78 is 0. The van der Waals surface area contributed by atoms with Crippen LogP contribution >= 0.6 is 0 Å². The molecule has 2 N–H and O–H groups in total. The van der Waals surface area contributed by atoms with Gasteiger partial charge in [0.1, 0.15) is 11.6 Å². The number of aromatic hydroxyl groups is 1. The lowest BCUT2D eigenvalue weighted by Gasteiger charge is -2.29. The fraction of sp³-hybridized carbons (Fsp3) is 0.545. The van der Waals surface area contributed by atoms with Gasteiger partial charge in [-0.1, -0.05) is 31.4 Å². The van der Waals surface area contributed by atoms with Crippen molar-refractivity contribution in [1.29, 1.82) is 0 Å². The van der Waals surface area contributed by atoms with Gasteiger partial charge in [0.15, 0.2) is 0 Å². The SMILES string of the molecule is Cc1cc(CN2CCc3nc(C4CCCCC4)[nH]c(=O)c3C2)cc(C)c1O. The Morgan fingerprint density at radius 2 is 1.89 bits per heavy atom. The van der Waals surface area contributed by atoms with Crippen molar-refractivity contribution in [2.75, 3.05) is 6.54 Å². The molecule has 1 aliphatic carbocycles. The zero-order valence-corrected chi connectivity index (χ0v) is 16.3. The van der Waals surface area contributed by atoms with E-state index in [1.54, 1.807) is 0 Å². The largest absolute Gasteiger partial charge is 0.507 e. The van der Waals surface area contributed by atoms with Crippen LogP contribution < -0.4 is 5.56 Å². The molecule has 2 aromatic rings. The number of nitrogens with zero attached hydrogens (tertiary/aromatic N) is 2. The van der Waals surface area contributed by atoms with Crippen LogP contribution in [0, 0.1) is 13.8 Å². The summed E-state index contributed by atoms with van der Waals surface area (Å²) in [5, 5.41) is 9.97. The van der Waals surface area contributed by atoms with Crippen LogP contribution in [0.1, 0.15) is 71.8 Å². The van der Waals surface area contributed by atoms with Crippen molar-refractivity contribution in [3.8, 4) is 5.75 Å². The van der Waals surface area contributed by atoms with Gasteiger partial charge in [0, 0.05) is 32.0 Å². The number of H-pyrrole nitrogens is 1. The van der Waals surface area contributed by atoms with E-state index in [2.05, 4.69) is 9.88 Å². The molecule has 0 radical (unpaired) electrons. The highest BCUT2D eigenvalue weighted by Crippen LogP contribution is 2.31. The molecule has 2 heterocycles. The number of phenols is 1. The fourth-order valence-electron chi connectivity index (χ4n) is 4.60. The smallest absolute Gasteiger partial charge is 0.255 e. The number of phenolic OH excluding ortho intramolecular Hbond substituents is 1. The Hall–Kier alpha value is -2.14. The lowest BCUT2D eigenvalue weighted by molar-refractivity contribution is 0.241. The molecule has 27 heavy (non-hydrogen) atoms. The van der Waals surface area contributed by atoms with E-state index in [0.29, 0.717) is 18.2 Å². The number of aryl methyl sites for hydroxylation is 2. The molecule has 2 aliphatic rings. The summed E-state index contributed by atoms with van der Waals surface area (Å²) in [6.45, 7) is 6.19. The van der Waals surface area contributed by atoms with Crippen LogP contribution in [-0.2, 0) is 19.5 Å². The average molecular weight is 367 g/mol. The summed E-state index contributed by atoms with van der Waals surface area (Å²) in [5.74, 6) is 1.72. The summed E-state index contributed by atoms with van der Waals surface area (Å²) >= 11 is 0. The number of hydrogen-bond donors (Lipinski definition) is 2. The van der Waals surface area contributed by atoms with Crippen molar-refractivity contribution in [3.05, 3.63) is 56.3 Å². The van der Waals surface area contributed by atoms with Crippen molar-refractivity contribution in [2.45, 2.75) is 71.4 Å². The molecular weight excluding hydrogens is 338 g/mol. The summed E-state index contributed by atoms with van der Waals surface area (Å²) in [6.07, 6.45) is 6.90. The Morgan fingerprint density at radius 1 is 1.19 bits per heavy atom. The zero-order chi connectivity index (χ0) is 19.0. The fourth-order valence-corrected chi connectivity index (χ4v) is 4.60. The van der Waals surface area contributed by atoms with E-state index in [0.717, 1.165) is 60.6 Å². The van der Waals surface area contributed by atoms with Gasteiger partial charge in [-0.2, -0.15) is 0 Å². The van der Waals surface area contributed by atoms with Gasteiger partial charge < -0.3 is 10.1 Å². The highest BCUT2D eigenvalue weighted by Gasteiger charge is 2.24. The van der Waals surface area contributed by atoms with E-state index in [1.807, 2.05) is 26.0 Å². The Morgan fingerprint density at radius 3 is 2.59 bits per heavy atom. The van der Waals surface area contributed by atoms with E-state index in [4.69, 9.17) is 4.98 Å². The lowest BCUT2D eigenvalue weighted by Crippen LogP contribution is -2.36. The molecule has 4 rings (SSSR count). The molecule has 0 spiro atoms. The predicted molar refractivity (Wildman–Crippen MR) is 106 cm³/mol. The van der Waals surface area contributed by atoms with Gasteiger partial charge in [-0.05, 0) is 43.4 Å². The van der Waals surface area contributed by atoms with Crippen LogP contribution in [0.15, 0.2) is 16.9 Å². The van der Waals surface area contributed by atoms with E-state index < -0.39 is 0 Å². The number of aromatic nitrogens is 2. The Bertz CT molecular complexity index is 874. The molecular formula is C22H29N3O2. The van der Waals surface area contributed by atoms with Crippen LogP contribution in [-0.4, -0.2) is 26.5 Å². The minimum Gasteiger partial charge on any atom is -0.507 e. The van der Waals surface area contributed by atoms with Crippen LogP contribution in [0.4, 0.5) is 0 Å². The zero-order valence-electron chi connectivity index (χ0n) is 16.3. The summed E-state index contributed by atoms with van der Waals surface area (Å²) in [7, 11) is 0. The normalized spacial score (nSPS) is 18.4. The van der Waals surface area contributed by atoms with E-state index in [-0.39, 0.29) is 5.56 Å². The average Bonchev–Trinajstić information content (AvgIpc) is 2.67. The molecule has 0 amide bonds. The third-order valence-corrected chi connectivity index (χ3v) is 6.11. The topological polar surface area (TPSA) is 69.2 Å². The number of benzene rings is 1. The molecule has 0 unspecified atom stereocenters. The van der Waals surface area contributed by atoms with Crippen LogP contribution in [0.5, 0.6) is 5.75 Å². The number of hydrogen-bond acceptors (Lipinski definition) is 4. The quantitative estimate of drug-likeness (QED) is 0.868. The highest BCUT2D eigenvalue weighted by molar-refractivity contribution is 5.42. The van der Waals surface area contributed by atoms with Crippen molar-refractivity contribution in [2.24, 2.45) is 0 Å². The highest BCUT2D eigenvalue weighted by atomic mass is 16.3. The van der Waals surface area contributed by atoms with Crippen molar-refractivity contribution >= 4 is 0 Å². The third-order valence-electron chi connectivity index (χ3n) is 6.11. The summed E-state index contributed by atoms with van der Waals surface area (Å²) in [6, 6.07) is 4.07. The minimum absolute atomic E-state index is 0.0448. The molecule has 0 bridgehead atoms. The number of fused-ring (bicyclic) bond motifs is 1. The van der Waals surface area contributed by atoms with Gasteiger partial charge in [-0.15, -0.1) is 0 Å². The Balaban J connectivity index is 1.52. The van der Waals surface area contributed by atoms with E-state index in [1.165, 1.54) is 24.8 Å². The van der Waals surface area contributed by atoms with Crippen molar-refractivity contribution in [3.63, 3.8) is 0 Å². The van der Waals surface area contributed by atoms with Gasteiger partial charge >= 0.3 is 0 Å². The van der Waals surface area contributed by atoms with Crippen molar-refractivity contribution < 1.29 is 5.11 Å². The van der Waals surface area contributed by atoms with Gasteiger partial charge in [0.25, 0.3) is 5.56 Å². The number of aromatic amines is 1. The second-order valence-corrected chi connectivity index (χ2v) is 8.25. The molecule has 144 valence electrons. The van der Waals surface area contributed by atoms with Crippen LogP contribution in [0.25, 0.3) is 0 Å². The van der Waals surface area contributed by atoms with Crippen LogP contribution in [0.2, 0.25) is 0 Å². The van der Waals surface area contributed by atoms with Gasteiger partial charge in [0.2, 0.25) is 0 Å². The summed E-state index contributed by atoms with van der Waals surface area (Å²) in [5.41, 5.74) is 4.84.